The van der Waals surface area contributed by atoms with Crippen LogP contribution >= 0.6 is 23.4 Å². The second-order valence-electron chi connectivity index (χ2n) is 8.71. The topological polar surface area (TPSA) is 81.1 Å². The van der Waals surface area contributed by atoms with Crippen molar-refractivity contribution in [1.29, 1.82) is 0 Å². The van der Waals surface area contributed by atoms with Gasteiger partial charge in [0.05, 0.1) is 12.7 Å². The highest BCUT2D eigenvalue weighted by atomic mass is 35.5. The van der Waals surface area contributed by atoms with Crippen molar-refractivity contribution in [3.8, 4) is 5.75 Å². The largest absolute Gasteiger partial charge is 0.497 e. The Bertz CT molecular complexity index is 1500. The van der Waals surface area contributed by atoms with Gasteiger partial charge in [-0.05, 0) is 60.9 Å². The number of carbonyl (C=O) groups excluding carboxylic acids is 1. The molecule has 1 aliphatic rings. The first-order valence-electron chi connectivity index (χ1n) is 11.8. The number of nitrogens with zero attached hydrogens (tertiary/aromatic N) is 3. The SMILES string of the molecule is COc1cccc(C2C(C(=O)Nc3cccc(C)c3)=C(C)Nc3nc(SCc4ccccc4Cl)nn32)c1. The molecule has 1 atom stereocenters. The number of amides is 1. The van der Waals surface area contributed by atoms with Gasteiger partial charge in [0.1, 0.15) is 11.8 Å². The monoisotopic (exact) mass is 531 g/mol. The summed E-state index contributed by atoms with van der Waals surface area (Å²) < 4.78 is 7.24. The molecule has 37 heavy (non-hydrogen) atoms. The first kappa shape index (κ1) is 24.9. The Morgan fingerprint density at radius 1 is 1.11 bits per heavy atom. The summed E-state index contributed by atoms with van der Waals surface area (Å²) in [5, 5.41) is 12.4. The predicted molar refractivity (Wildman–Crippen MR) is 148 cm³/mol. The molecule has 0 aliphatic carbocycles. The molecule has 188 valence electrons. The van der Waals surface area contributed by atoms with E-state index in [9.17, 15) is 4.79 Å². The second kappa shape index (κ2) is 10.7. The molecule has 4 aromatic rings. The number of anilines is 2. The van der Waals surface area contributed by atoms with E-state index < -0.39 is 6.04 Å². The van der Waals surface area contributed by atoms with Crippen LogP contribution in [0.15, 0.2) is 89.2 Å². The zero-order valence-electron chi connectivity index (χ0n) is 20.7. The summed E-state index contributed by atoms with van der Waals surface area (Å²) in [5.74, 6) is 1.68. The Morgan fingerprint density at radius 2 is 1.92 bits per heavy atom. The van der Waals surface area contributed by atoms with Crippen molar-refractivity contribution >= 4 is 40.9 Å². The van der Waals surface area contributed by atoms with Gasteiger partial charge in [0.2, 0.25) is 11.1 Å². The maximum Gasteiger partial charge on any atom is 0.255 e. The summed E-state index contributed by atoms with van der Waals surface area (Å²) in [6, 6.07) is 22.6. The molecule has 1 aromatic heterocycles. The fourth-order valence-corrected chi connectivity index (χ4v) is 5.40. The zero-order chi connectivity index (χ0) is 25.9. The number of aromatic nitrogens is 3. The van der Waals surface area contributed by atoms with Crippen LogP contribution in [0, 0.1) is 6.92 Å². The lowest BCUT2D eigenvalue weighted by molar-refractivity contribution is -0.113. The summed E-state index contributed by atoms with van der Waals surface area (Å²) in [5.41, 5.74) is 4.92. The molecule has 2 heterocycles. The van der Waals surface area contributed by atoms with Crippen molar-refractivity contribution in [2.75, 3.05) is 17.7 Å². The number of fused-ring (bicyclic) bond motifs is 1. The highest BCUT2D eigenvalue weighted by Gasteiger charge is 2.34. The lowest BCUT2D eigenvalue weighted by Gasteiger charge is -2.28. The van der Waals surface area contributed by atoms with E-state index in [0.29, 0.717) is 38.9 Å². The molecule has 9 heteroatoms. The van der Waals surface area contributed by atoms with Crippen molar-refractivity contribution < 1.29 is 9.53 Å². The molecule has 1 unspecified atom stereocenters. The lowest BCUT2D eigenvalue weighted by atomic mass is 9.95. The van der Waals surface area contributed by atoms with Crippen LogP contribution in [-0.2, 0) is 10.5 Å². The molecule has 3 aromatic carbocycles. The van der Waals surface area contributed by atoms with E-state index in [-0.39, 0.29) is 5.91 Å². The highest BCUT2D eigenvalue weighted by molar-refractivity contribution is 7.98. The maximum absolute atomic E-state index is 13.7. The van der Waals surface area contributed by atoms with Crippen molar-refractivity contribution in [2.45, 2.75) is 30.8 Å². The van der Waals surface area contributed by atoms with Crippen molar-refractivity contribution in [2.24, 2.45) is 0 Å². The van der Waals surface area contributed by atoms with Crippen LogP contribution in [0.2, 0.25) is 5.02 Å². The van der Waals surface area contributed by atoms with Crippen LogP contribution in [0.5, 0.6) is 5.75 Å². The molecule has 0 saturated heterocycles. The molecule has 0 bridgehead atoms. The first-order chi connectivity index (χ1) is 17.9. The van der Waals surface area contributed by atoms with Crippen LogP contribution in [-0.4, -0.2) is 27.8 Å². The van der Waals surface area contributed by atoms with Gasteiger partial charge in [0, 0.05) is 22.2 Å². The number of allylic oxidation sites excluding steroid dienone is 1. The Labute approximate surface area is 224 Å². The zero-order valence-corrected chi connectivity index (χ0v) is 22.2. The molecule has 5 rings (SSSR count). The number of thioether (sulfide) groups is 1. The number of carbonyl (C=O) groups is 1. The van der Waals surface area contributed by atoms with E-state index in [1.165, 1.54) is 11.8 Å². The third-order valence-electron chi connectivity index (χ3n) is 6.08. The van der Waals surface area contributed by atoms with E-state index in [4.69, 9.17) is 26.4 Å². The lowest BCUT2D eigenvalue weighted by Crippen LogP contribution is -2.31. The molecule has 1 aliphatic heterocycles. The average Bonchev–Trinajstić information content (AvgIpc) is 3.29. The minimum absolute atomic E-state index is 0.213. The van der Waals surface area contributed by atoms with Crippen molar-refractivity contribution in [1.82, 2.24) is 14.8 Å². The van der Waals surface area contributed by atoms with Gasteiger partial charge >= 0.3 is 0 Å². The van der Waals surface area contributed by atoms with Crippen LogP contribution in [0.4, 0.5) is 11.6 Å². The Balaban J connectivity index is 1.51. The fraction of sp³-hybridized carbons (Fsp3) is 0.179. The van der Waals surface area contributed by atoms with Gasteiger partial charge in [-0.15, -0.1) is 5.10 Å². The Kier molecular flexibility index (Phi) is 7.21. The molecular weight excluding hydrogens is 506 g/mol. The number of aryl methyl sites for hydroxylation is 1. The van der Waals surface area contributed by atoms with Crippen molar-refractivity contribution in [3.63, 3.8) is 0 Å². The van der Waals surface area contributed by atoms with Crippen LogP contribution in [0.25, 0.3) is 0 Å². The molecular formula is C28H26ClN5O2S. The minimum Gasteiger partial charge on any atom is -0.497 e. The van der Waals surface area contributed by atoms with E-state index in [1.807, 2.05) is 86.6 Å². The maximum atomic E-state index is 13.7. The number of benzene rings is 3. The average molecular weight is 532 g/mol. The second-order valence-corrected chi connectivity index (χ2v) is 10.1. The van der Waals surface area contributed by atoms with Crippen LogP contribution < -0.4 is 15.4 Å². The number of ether oxygens (including phenoxy) is 1. The number of hydrogen-bond donors (Lipinski definition) is 2. The summed E-state index contributed by atoms with van der Waals surface area (Å²) >= 11 is 7.83. The Morgan fingerprint density at radius 3 is 2.70 bits per heavy atom. The number of hydrogen-bond acceptors (Lipinski definition) is 6. The number of methoxy groups -OCH3 is 1. The molecule has 2 N–H and O–H groups in total. The number of halogens is 1. The van der Waals surface area contributed by atoms with Crippen LogP contribution in [0.1, 0.15) is 29.7 Å². The molecule has 0 fully saturated rings. The summed E-state index contributed by atoms with van der Waals surface area (Å²) in [4.78, 5) is 18.4. The van der Waals surface area contributed by atoms with Gasteiger partial charge < -0.3 is 15.4 Å². The van der Waals surface area contributed by atoms with E-state index in [1.54, 1.807) is 11.8 Å². The summed E-state index contributed by atoms with van der Waals surface area (Å²) in [6.45, 7) is 3.87. The van der Waals surface area contributed by atoms with Crippen molar-refractivity contribution in [3.05, 3.63) is 106 Å². The third-order valence-corrected chi connectivity index (χ3v) is 7.33. The molecule has 7 nitrogen and oxygen atoms in total. The van der Waals surface area contributed by atoms with Gasteiger partial charge in [0.15, 0.2) is 0 Å². The van der Waals surface area contributed by atoms with Gasteiger partial charge in [-0.3, -0.25) is 4.79 Å². The molecule has 0 saturated carbocycles. The standard InChI is InChI=1S/C28H26ClN5O2S/c1-17-8-6-11-21(14-17)31-26(35)24-18(2)30-27-32-28(37-16-20-9-4-5-13-23(20)29)33-34(27)25(24)19-10-7-12-22(15-19)36-3/h4-15,25H,16H2,1-3H3,(H,31,35)(H,30,32,33). The number of nitrogens with one attached hydrogen (secondary N) is 2. The van der Waals surface area contributed by atoms with Gasteiger partial charge in [-0.25, -0.2) is 4.68 Å². The normalized spacial score (nSPS) is 14.6. The molecule has 0 radical (unpaired) electrons. The Hall–Kier alpha value is -3.75. The predicted octanol–water partition coefficient (Wildman–Crippen LogP) is 6.47. The van der Waals surface area contributed by atoms with E-state index >= 15 is 0 Å². The first-order valence-corrected chi connectivity index (χ1v) is 13.1. The van der Waals surface area contributed by atoms with Gasteiger partial charge in [-0.2, -0.15) is 4.98 Å². The van der Waals surface area contributed by atoms with Gasteiger partial charge in [0.25, 0.3) is 5.91 Å². The van der Waals surface area contributed by atoms with Gasteiger partial charge in [-0.1, -0.05) is 65.8 Å². The fourth-order valence-electron chi connectivity index (χ4n) is 4.29. The minimum atomic E-state index is -0.502. The molecule has 0 spiro atoms. The number of rotatable bonds is 7. The summed E-state index contributed by atoms with van der Waals surface area (Å²) in [6.07, 6.45) is 0. The van der Waals surface area contributed by atoms with Crippen LogP contribution in [0.3, 0.4) is 0 Å². The summed E-state index contributed by atoms with van der Waals surface area (Å²) in [7, 11) is 1.62. The van der Waals surface area contributed by atoms with E-state index in [0.717, 1.165) is 22.4 Å². The quantitative estimate of drug-likeness (QED) is 0.266. The smallest absolute Gasteiger partial charge is 0.255 e. The third kappa shape index (κ3) is 5.35. The van der Waals surface area contributed by atoms with E-state index in [2.05, 4.69) is 10.6 Å². The highest BCUT2D eigenvalue weighted by Crippen LogP contribution is 2.38. The molecule has 1 amide bonds.